The van der Waals surface area contributed by atoms with Crippen molar-refractivity contribution in [2.45, 2.75) is 13.3 Å². The van der Waals surface area contributed by atoms with Crippen molar-refractivity contribution in [3.63, 3.8) is 0 Å². The van der Waals surface area contributed by atoms with E-state index >= 15 is 0 Å². The molecule has 0 saturated carbocycles. The number of hydrogen-bond acceptors (Lipinski definition) is 5. The maximum Gasteiger partial charge on any atom is 0.275 e. The number of methoxy groups -OCH3 is 1. The second-order valence-corrected chi connectivity index (χ2v) is 5.33. The lowest BCUT2D eigenvalue weighted by Crippen LogP contribution is -2.15. The number of nitrogens with zero attached hydrogens (tertiary/aromatic N) is 2. The van der Waals surface area contributed by atoms with Gasteiger partial charge in [-0.2, -0.15) is 0 Å². The first-order valence-corrected chi connectivity index (χ1v) is 7.61. The number of aromatic nitrogens is 2. The number of hydrogen-bond donors (Lipinski definition) is 2. The van der Waals surface area contributed by atoms with E-state index in [-0.39, 0.29) is 11.6 Å². The summed E-state index contributed by atoms with van der Waals surface area (Å²) in [5.74, 6) is 0.297. The van der Waals surface area contributed by atoms with Gasteiger partial charge in [0.1, 0.15) is 11.5 Å². The standard InChI is InChI=1S/C16H19ClN4O2/c1-11-12(17)5-3-6-13(11)21-16(22)14-9-20-15(10-19-14)18-7-4-8-23-2/h3,5-6,9-10H,4,7-8H2,1-2H3,(H,18,20)(H,21,22). The van der Waals surface area contributed by atoms with Crippen LogP contribution in [0.15, 0.2) is 30.6 Å². The molecule has 0 aliphatic carbocycles. The third-order valence-electron chi connectivity index (χ3n) is 3.23. The van der Waals surface area contributed by atoms with E-state index in [2.05, 4.69) is 20.6 Å². The predicted octanol–water partition coefficient (Wildman–Crippen LogP) is 3.14. The largest absolute Gasteiger partial charge is 0.385 e. The average Bonchev–Trinajstić information content (AvgIpc) is 2.56. The van der Waals surface area contributed by atoms with Crippen LogP contribution in [0.3, 0.4) is 0 Å². The first kappa shape index (κ1) is 17.2. The quantitative estimate of drug-likeness (QED) is 0.761. The maximum atomic E-state index is 12.2. The molecule has 0 unspecified atom stereocenters. The second-order valence-electron chi connectivity index (χ2n) is 4.93. The Labute approximate surface area is 140 Å². The molecule has 1 aromatic heterocycles. The lowest BCUT2D eigenvalue weighted by Gasteiger charge is -2.09. The highest BCUT2D eigenvalue weighted by Gasteiger charge is 2.11. The van der Waals surface area contributed by atoms with E-state index in [0.717, 1.165) is 18.5 Å². The summed E-state index contributed by atoms with van der Waals surface area (Å²) in [6, 6.07) is 5.35. The summed E-state index contributed by atoms with van der Waals surface area (Å²) in [6.07, 6.45) is 3.84. The molecular formula is C16H19ClN4O2. The Bertz CT molecular complexity index is 662. The molecule has 23 heavy (non-hydrogen) atoms. The van der Waals surface area contributed by atoms with Crippen molar-refractivity contribution in [3.05, 3.63) is 46.9 Å². The van der Waals surface area contributed by atoms with Crippen LogP contribution in [0, 0.1) is 6.92 Å². The molecule has 0 aliphatic rings. The summed E-state index contributed by atoms with van der Waals surface area (Å²) in [6.45, 7) is 3.26. The Hall–Kier alpha value is -2.18. The van der Waals surface area contributed by atoms with Crippen LogP contribution in [0.5, 0.6) is 0 Å². The summed E-state index contributed by atoms with van der Waals surface area (Å²) in [4.78, 5) is 20.5. The molecule has 6 nitrogen and oxygen atoms in total. The van der Waals surface area contributed by atoms with Gasteiger partial charge in [0.05, 0.1) is 12.4 Å². The van der Waals surface area contributed by atoms with Crippen molar-refractivity contribution in [2.24, 2.45) is 0 Å². The fraction of sp³-hybridized carbons (Fsp3) is 0.312. The number of benzene rings is 1. The zero-order valence-electron chi connectivity index (χ0n) is 13.1. The van der Waals surface area contributed by atoms with Crippen LogP contribution in [0.2, 0.25) is 5.02 Å². The van der Waals surface area contributed by atoms with E-state index in [1.54, 1.807) is 25.3 Å². The van der Waals surface area contributed by atoms with Crippen LogP contribution in [-0.2, 0) is 4.74 Å². The SMILES string of the molecule is COCCCNc1cnc(C(=O)Nc2cccc(Cl)c2C)cn1. The first-order valence-electron chi connectivity index (χ1n) is 7.23. The third kappa shape index (κ3) is 4.91. The minimum absolute atomic E-state index is 0.242. The molecule has 2 aromatic rings. The van der Waals surface area contributed by atoms with Gasteiger partial charge in [0.2, 0.25) is 0 Å². The van der Waals surface area contributed by atoms with Crippen molar-refractivity contribution < 1.29 is 9.53 Å². The topological polar surface area (TPSA) is 76.1 Å². The molecule has 1 aromatic carbocycles. The number of rotatable bonds is 7. The predicted molar refractivity (Wildman–Crippen MR) is 91.2 cm³/mol. The second kappa shape index (κ2) is 8.45. The molecule has 0 bridgehead atoms. The molecule has 0 radical (unpaired) electrons. The smallest absolute Gasteiger partial charge is 0.275 e. The lowest BCUT2D eigenvalue weighted by atomic mass is 10.2. The van der Waals surface area contributed by atoms with Gasteiger partial charge in [-0.15, -0.1) is 0 Å². The van der Waals surface area contributed by atoms with E-state index < -0.39 is 0 Å². The van der Waals surface area contributed by atoms with Gasteiger partial charge >= 0.3 is 0 Å². The van der Waals surface area contributed by atoms with Gasteiger partial charge in [0.15, 0.2) is 0 Å². The minimum Gasteiger partial charge on any atom is -0.385 e. The number of carbonyl (C=O) groups excluding carboxylic acids is 1. The van der Waals surface area contributed by atoms with Crippen molar-refractivity contribution >= 4 is 29.0 Å². The first-order chi connectivity index (χ1) is 11.1. The van der Waals surface area contributed by atoms with E-state index in [9.17, 15) is 4.79 Å². The van der Waals surface area contributed by atoms with Crippen LogP contribution in [-0.4, -0.2) is 36.1 Å². The molecule has 0 spiro atoms. The van der Waals surface area contributed by atoms with E-state index in [1.807, 2.05) is 6.92 Å². The number of ether oxygens (including phenoxy) is 1. The highest BCUT2D eigenvalue weighted by molar-refractivity contribution is 6.31. The summed E-state index contributed by atoms with van der Waals surface area (Å²) in [5.41, 5.74) is 1.71. The molecular weight excluding hydrogens is 316 g/mol. The highest BCUT2D eigenvalue weighted by Crippen LogP contribution is 2.23. The minimum atomic E-state index is -0.325. The van der Waals surface area contributed by atoms with Gasteiger partial charge in [0.25, 0.3) is 5.91 Å². The zero-order valence-corrected chi connectivity index (χ0v) is 13.9. The van der Waals surface area contributed by atoms with Crippen LogP contribution in [0.25, 0.3) is 0 Å². The van der Waals surface area contributed by atoms with Crippen molar-refractivity contribution in [3.8, 4) is 0 Å². The van der Waals surface area contributed by atoms with Crippen LogP contribution in [0.1, 0.15) is 22.5 Å². The Morgan fingerprint density at radius 1 is 1.30 bits per heavy atom. The molecule has 0 aliphatic heterocycles. The summed E-state index contributed by atoms with van der Waals surface area (Å²) in [5, 5.41) is 6.49. The summed E-state index contributed by atoms with van der Waals surface area (Å²) in [7, 11) is 1.66. The number of carbonyl (C=O) groups is 1. The van der Waals surface area contributed by atoms with Gasteiger partial charge in [-0.25, -0.2) is 9.97 Å². The van der Waals surface area contributed by atoms with Crippen molar-refractivity contribution in [1.29, 1.82) is 0 Å². The molecule has 1 amide bonds. The molecule has 0 saturated heterocycles. The Kier molecular flexibility index (Phi) is 6.31. The summed E-state index contributed by atoms with van der Waals surface area (Å²) < 4.78 is 4.97. The van der Waals surface area contributed by atoms with E-state index in [4.69, 9.17) is 16.3 Å². The van der Waals surface area contributed by atoms with Crippen molar-refractivity contribution in [2.75, 3.05) is 30.9 Å². The van der Waals surface area contributed by atoms with Crippen LogP contribution < -0.4 is 10.6 Å². The van der Waals surface area contributed by atoms with Gasteiger partial charge in [-0.1, -0.05) is 17.7 Å². The van der Waals surface area contributed by atoms with E-state index in [1.165, 1.54) is 12.4 Å². The fourth-order valence-electron chi connectivity index (χ4n) is 1.90. The zero-order chi connectivity index (χ0) is 16.7. The lowest BCUT2D eigenvalue weighted by molar-refractivity contribution is 0.102. The number of nitrogens with one attached hydrogen (secondary N) is 2. The van der Waals surface area contributed by atoms with Gasteiger partial charge in [-0.05, 0) is 31.0 Å². The summed E-state index contributed by atoms with van der Waals surface area (Å²) >= 11 is 6.04. The fourth-order valence-corrected chi connectivity index (χ4v) is 2.07. The molecule has 7 heteroatoms. The van der Waals surface area contributed by atoms with E-state index in [0.29, 0.717) is 23.1 Å². The van der Waals surface area contributed by atoms with Gasteiger partial charge in [-0.3, -0.25) is 4.79 Å². The molecule has 1 heterocycles. The number of halogens is 1. The molecule has 2 N–H and O–H groups in total. The van der Waals surface area contributed by atoms with Crippen LogP contribution in [0.4, 0.5) is 11.5 Å². The van der Waals surface area contributed by atoms with Crippen LogP contribution >= 0.6 is 11.6 Å². The van der Waals surface area contributed by atoms with Gasteiger partial charge in [0, 0.05) is 31.0 Å². The third-order valence-corrected chi connectivity index (χ3v) is 3.64. The Morgan fingerprint density at radius 3 is 2.83 bits per heavy atom. The molecule has 0 fully saturated rings. The molecule has 2 rings (SSSR count). The average molecular weight is 335 g/mol. The Morgan fingerprint density at radius 2 is 2.13 bits per heavy atom. The Balaban J connectivity index is 1.96. The molecule has 122 valence electrons. The number of anilines is 2. The highest BCUT2D eigenvalue weighted by atomic mass is 35.5. The normalized spacial score (nSPS) is 10.4. The maximum absolute atomic E-state index is 12.2. The van der Waals surface area contributed by atoms with Gasteiger partial charge < -0.3 is 15.4 Å². The number of amides is 1. The van der Waals surface area contributed by atoms with Crippen molar-refractivity contribution in [1.82, 2.24) is 9.97 Å². The molecule has 0 atom stereocenters. The monoisotopic (exact) mass is 334 g/mol.